The van der Waals surface area contributed by atoms with Crippen molar-refractivity contribution in [1.29, 1.82) is 0 Å². The van der Waals surface area contributed by atoms with E-state index in [0.717, 1.165) is 100 Å². The van der Waals surface area contributed by atoms with Crippen LogP contribution in [0.3, 0.4) is 0 Å². The summed E-state index contributed by atoms with van der Waals surface area (Å²) in [5, 5.41) is 57.9. The van der Waals surface area contributed by atoms with E-state index in [4.69, 9.17) is 20.3 Å². The molecule has 0 saturated carbocycles. The van der Waals surface area contributed by atoms with E-state index in [-0.39, 0.29) is 107 Å². The van der Waals surface area contributed by atoms with Crippen molar-refractivity contribution >= 4 is 40.6 Å². The van der Waals surface area contributed by atoms with E-state index in [2.05, 4.69) is 265 Å². The van der Waals surface area contributed by atoms with Crippen LogP contribution >= 0.6 is 0 Å². The van der Waals surface area contributed by atoms with Crippen LogP contribution in [0.5, 0.6) is 0 Å². The van der Waals surface area contributed by atoms with E-state index in [1.807, 2.05) is 18.2 Å². The number of anilines is 6. The molecule has 0 spiro atoms. The molecular weight excluding hydrogens is 1650 g/mol. The third-order valence-electron chi connectivity index (χ3n) is 18.7. The van der Waals surface area contributed by atoms with Crippen LogP contribution in [0.15, 0.2) is 152 Å². The van der Waals surface area contributed by atoms with Crippen LogP contribution < -0.4 is 84.0 Å². The van der Waals surface area contributed by atoms with Crippen molar-refractivity contribution in [3.8, 4) is 45.6 Å². The molecule has 0 amide bonds. The van der Waals surface area contributed by atoms with Gasteiger partial charge in [-0.05, 0) is 147 Å². The third kappa shape index (κ3) is 20.7. The molecule has 8 aromatic carbocycles. The second-order valence-corrected chi connectivity index (χ2v) is 25.5. The summed E-state index contributed by atoms with van der Waals surface area (Å²) in [5.74, 6) is 3.56. The first-order chi connectivity index (χ1) is 48.0. The number of rotatable bonds is 9. The van der Waals surface area contributed by atoms with Gasteiger partial charge in [0.05, 0.1) is 18.0 Å². The molecule has 0 saturated heterocycles. The number of aliphatic hydroxyl groups is 2. The monoisotopic (exact) mass is 1740 g/mol. The number of para-hydroxylation sites is 4. The van der Waals surface area contributed by atoms with E-state index in [1.165, 1.54) is 135 Å². The Labute approximate surface area is 675 Å². The molecule has 2 N–H and O–H groups in total. The maximum Gasteiger partial charge on any atom is 3.00 e. The number of hydrogen-bond donors (Lipinski definition) is 2. The van der Waals surface area contributed by atoms with Gasteiger partial charge in [-0.25, -0.2) is 0 Å². The number of carbonyl (C=O) groups is 1. The number of fused-ring (bicyclic) bond motifs is 6. The standard InChI is InChI=1S/2C22H21N4.C17H20N2.C17H18N2.CH2O3.2CH4O.2Ir.2Na.H/c2*1-3-11-17-15(7-1)9-5-13-19(17)21-23-25-22(26-24-21)20-14-6-10-16-8-2-4-12-18(16)20;2*1-13(2)14-7-6-8-15(11-14)19-12-18(3)16-9-4-5-10-17(16)19;2-1-4-3;2*1-2;;;;;/h2*5-6,9-10,13H,1-4,7-8,11-12H2;4-11,13H,12H2,1-3H3;4-7,9-13H,1-3H3;1,3H;2*2H,1H3;;;;;/q2*-1;;-2;;;;;+3;2*+1;-1/p-1. The van der Waals surface area contributed by atoms with Crippen molar-refractivity contribution in [2.75, 3.05) is 54.6 Å². The summed E-state index contributed by atoms with van der Waals surface area (Å²) in [5.41, 5.74) is 25.3. The van der Waals surface area contributed by atoms with Crippen molar-refractivity contribution in [2.24, 2.45) is 0 Å². The van der Waals surface area contributed by atoms with Crippen LogP contribution in [0.2, 0.25) is 0 Å². The SMILES string of the molecule is CC(C)c1cc[c-]c(N2[CH-]N(C)c3ccccc32)c1.CC(C)c1cccc(N2CN(C)c3ccccc32)c1.CO.CO.O=CO[O-].[H-].[Ir+3].[Ir].[Na+].[Na+].[c-]1ccc2c(c1-c1nnc(-c3cccc4c3CCCC4)nn1)CCCC2.[c-]1ccc2c(c1-c1nnc(-c3cccc4c3CCCC4)nn1)CCCC2. The molecule has 0 atom stereocenters. The molecule has 16 rings (SSSR count). The van der Waals surface area contributed by atoms with E-state index in [1.54, 1.807) is 0 Å². The number of hydrogen-bond acceptors (Lipinski definition) is 17. The zero-order valence-electron chi connectivity index (χ0n) is 61.4. The molecule has 0 fully saturated rings. The fraction of sp³-hybridized carbons (Fsp3) is 0.333. The van der Waals surface area contributed by atoms with Gasteiger partial charge in [0.1, 0.15) is 11.6 Å². The summed E-state index contributed by atoms with van der Waals surface area (Å²) in [4.78, 5) is 20.3. The summed E-state index contributed by atoms with van der Waals surface area (Å²) >= 11 is 0. The van der Waals surface area contributed by atoms with Gasteiger partial charge in [-0.3, -0.25) is 4.79 Å². The van der Waals surface area contributed by atoms with Gasteiger partial charge in [0.15, 0.2) is 0 Å². The first-order valence-electron chi connectivity index (χ1n) is 34.2. The average molecular weight is 1740 g/mol. The zero-order valence-corrected chi connectivity index (χ0v) is 69.2. The minimum Gasteiger partial charge on any atom is -1.00 e. The van der Waals surface area contributed by atoms with Crippen LogP contribution in [0.25, 0.3) is 45.6 Å². The quantitative estimate of drug-likeness (QED) is 0.0455. The summed E-state index contributed by atoms with van der Waals surface area (Å²) in [6.07, 6.45) is 18.8. The predicted molar refractivity (Wildman–Crippen MR) is 389 cm³/mol. The maximum absolute atomic E-state index is 8.64. The molecule has 21 heteroatoms. The molecule has 525 valence electrons. The topological polar surface area (TPSA) is 206 Å². The van der Waals surface area contributed by atoms with E-state index < -0.39 is 0 Å². The summed E-state index contributed by atoms with van der Waals surface area (Å²) in [6.45, 7) is 11.8. The zero-order chi connectivity index (χ0) is 68.9. The van der Waals surface area contributed by atoms with E-state index in [0.29, 0.717) is 35.1 Å². The fourth-order valence-corrected chi connectivity index (χ4v) is 13.8. The molecule has 4 heterocycles. The van der Waals surface area contributed by atoms with Crippen molar-refractivity contribution in [1.82, 2.24) is 40.8 Å². The molecule has 0 bridgehead atoms. The molecule has 2 aromatic heterocycles. The first-order valence-corrected chi connectivity index (χ1v) is 34.2. The molecule has 1 radical (unpaired) electrons. The molecule has 4 aliphatic carbocycles. The number of nitrogens with zero attached hydrogens (tertiary/aromatic N) is 12. The third-order valence-corrected chi connectivity index (χ3v) is 18.7. The number of benzene rings is 8. The van der Waals surface area contributed by atoms with Gasteiger partial charge in [0.25, 0.3) is 6.47 Å². The smallest absolute Gasteiger partial charge is 1.00 e. The van der Waals surface area contributed by atoms with Crippen LogP contribution in [0, 0.1) is 24.9 Å². The Kier molecular flexibility index (Phi) is 35.1. The van der Waals surface area contributed by atoms with Crippen LogP contribution in [-0.2, 0) is 101 Å². The summed E-state index contributed by atoms with van der Waals surface area (Å²) in [6, 6.07) is 63.3. The van der Waals surface area contributed by atoms with Gasteiger partial charge in [-0.15, -0.1) is 90.8 Å². The molecule has 102 heavy (non-hydrogen) atoms. The summed E-state index contributed by atoms with van der Waals surface area (Å²) in [7, 11) is 6.22. The second kappa shape index (κ2) is 42.4. The van der Waals surface area contributed by atoms with Gasteiger partial charge in [-0.1, -0.05) is 150 Å². The Balaban J connectivity index is 0.000000237. The van der Waals surface area contributed by atoms with Gasteiger partial charge in [0.2, 0.25) is 11.6 Å². The fourth-order valence-electron chi connectivity index (χ4n) is 13.8. The van der Waals surface area contributed by atoms with Crippen LogP contribution in [0.1, 0.15) is 148 Å². The van der Waals surface area contributed by atoms with Gasteiger partial charge in [0, 0.05) is 69.6 Å². The first kappa shape index (κ1) is 84.4. The van der Waals surface area contributed by atoms with E-state index in [9.17, 15) is 0 Å². The minimum atomic E-state index is -0.181. The Bertz CT molecular complexity index is 3840. The van der Waals surface area contributed by atoms with Gasteiger partial charge in [-0.2, -0.15) is 50.8 Å². The summed E-state index contributed by atoms with van der Waals surface area (Å²) < 4.78 is 0. The van der Waals surface area contributed by atoms with Gasteiger partial charge >= 0.3 is 79.2 Å². The Morgan fingerprint density at radius 2 is 0.873 bits per heavy atom. The van der Waals surface area contributed by atoms with Crippen molar-refractivity contribution in [3.05, 3.63) is 232 Å². The Morgan fingerprint density at radius 3 is 1.34 bits per heavy atom. The predicted octanol–water partition coefficient (Wildman–Crippen LogP) is 8.76. The molecule has 17 nitrogen and oxygen atoms in total. The van der Waals surface area contributed by atoms with Gasteiger partial charge < -0.3 is 41.4 Å². The number of aliphatic hydroxyl groups excluding tert-OH is 2. The number of aromatic nitrogens is 8. The Morgan fingerprint density at radius 1 is 0.480 bits per heavy atom. The molecular formula is C81H90Ir2N12Na2O5-. The second-order valence-electron chi connectivity index (χ2n) is 25.5. The number of aryl methyl sites for hydroxylation is 4. The van der Waals surface area contributed by atoms with Crippen molar-refractivity contribution in [2.45, 2.75) is 142 Å². The normalized spacial score (nSPS) is 13.7. The Hall–Kier alpha value is -6.51. The van der Waals surface area contributed by atoms with Crippen LogP contribution in [-0.4, -0.2) is 92.5 Å². The van der Waals surface area contributed by atoms with Crippen LogP contribution in [0.4, 0.5) is 34.1 Å². The molecule has 10 aromatic rings. The molecule has 6 aliphatic rings. The van der Waals surface area contributed by atoms with Crippen molar-refractivity contribution in [3.63, 3.8) is 0 Å². The average Bonchev–Trinajstić information content (AvgIpc) is 1.78. The van der Waals surface area contributed by atoms with Crippen molar-refractivity contribution < 1.29 is 126 Å². The maximum atomic E-state index is 8.64. The molecule has 0 unspecified atom stereocenters. The van der Waals surface area contributed by atoms with E-state index >= 15 is 0 Å². The largest absolute Gasteiger partial charge is 3.00 e. The minimum absolute atomic E-state index is 0. The molecule has 2 aliphatic heterocycles. The number of carbonyl (C=O) groups excluding carboxylic acids is 1.